The summed E-state index contributed by atoms with van der Waals surface area (Å²) in [4.78, 5) is 17.1. The van der Waals surface area contributed by atoms with Gasteiger partial charge in [0.15, 0.2) is 0 Å². The van der Waals surface area contributed by atoms with Gasteiger partial charge < -0.3 is 15.0 Å². The molecule has 1 fully saturated rings. The number of nitrogens with one attached hydrogen (secondary N) is 2. The molecule has 3 aliphatic heterocycles. The molecule has 3 aliphatic rings. The average molecular weight is 308 g/mol. The predicted molar refractivity (Wildman–Crippen MR) is 87.0 cm³/mol. The normalized spacial score (nSPS) is 17.0. The largest absolute Gasteiger partial charge is 0.477 e. The summed E-state index contributed by atoms with van der Waals surface area (Å²) in [5, 5.41) is 17.1. The Kier molecular flexibility index (Phi) is 2.43. The number of fused-ring (bicyclic) bond motifs is 3. The van der Waals surface area contributed by atoms with Gasteiger partial charge in [-0.15, -0.1) is 0 Å². The number of aromatic amines is 2. The first-order valence-electron chi connectivity index (χ1n) is 7.91. The van der Waals surface area contributed by atoms with E-state index in [0.29, 0.717) is 11.6 Å². The Morgan fingerprint density at radius 1 is 1.30 bits per heavy atom. The molecular formula is C17H16N4O2. The van der Waals surface area contributed by atoms with Crippen LogP contribution in [0.25, 0.3) is 22.2 Å². The van der Waals surface area contributed by atoms with Crippen molar-refractivity contribution >= 4 is 22.7 Å². The molecule has 3 N–H and O–H groups in total. The Morgan fingerprint density at radius 2 is 2.13 bits per heavy atom. The first kappa shape index (κ1) is 12.8. The third kappa shape index (κ3) is 1.69. The van der Waals surface area contributed by atoms with Crippen LogP contribution in [0, 0.1) is 0 Å². The lowest BCUT2D eigenvalue weighted by molar-refractivity contribution is 0.0690. The highest BCUT2D eigenvalue weighted by atomic mass is 16.4. The maximum Gasteiger partial charge on any atom is 0.353 e. The molecule has 1 aromatic carbocycles. The third-order valence-electron chi connectivity index (χ3n) is 5.16. The first-order valence-corrected chi connectivity index (χ1v) is 7.91. The van der Waals surface area contributed by atoms with Crippen molar-refractivity contribution in [1.29, 1.82) is 0 Å². The Hall–Kier alpha value is -2.76. The molecule has 23 heavy (non-hydrogen) atoms. The number of para-hydroxylation sites is 1. The van der Waals surface area contributed by atoms with Gasteiger partial charge in [-0.3, -0.25) is 5.10 Å². The van der Waals surface area contributed by atoms with Gasteiger partial charge in [0.1, 0.15) is 11.5 Å². The number of nitrogens with zero attached hydrogens (tertiary/aromatic N) is 2. The Morgan fingerprint density at radius 3 is 2.87 bits per heavy atom. The molecule has 0 unspecified atom stereocenters. The maximum absolute atomic E-state index is 11.1. The summed E-state index contributed by atoms with van der Waals surface area (Å²) >= 11 is 0. The van der Waals surface area contributed by atoms with Crippen molar-refractivity contribution < 1.29 is 9.90 Å². The van der Waals surface area contributed by atoms with Crippen molar-refractivity contribution in [2.45, 2.75) is 18.8 Å². The van der Waals surface area contributed by atoms with Crippen molar-refractivity contribution in [3.63, 3.8) is 0 Å². The van der Waals surface area contributed by atoms with E-state index >= 15 is 0 Å². The monoisotopic (exact) mass is 308 g/mol. The molecule has 0 amide bonds. The molecule has 6 heteroatoms. The lowest BCUT2D eigenvalue weighted by Crippen LogP contribution is -2.38. The number of aromatic carboxylic acids is 1. The van der Waals surface area contributed by atoms with Gasteiger partial charge in [0.2, 0.25) is 0 Å². The Balaban J connectivity index is 1.74. The molecule has 0 radical (unpaired) electrons. The number of hydrogen-bond acceptors (Lipinski definition) is 3. The van der Waals surface area contributed by atoms with Crippen LogP contribution in [0.3, 0.4) is 0 Å². The van der Waals surface area contributed by atoms with E-state index in [-0.39, 0.29) is 5.69 Å². The third-order valence-corrected chi connectivity index (χ3v) is 5.16. The Bertz CT molecular complexity index is 931. The van der Waals surface area contributed by atoms with Gasteiger partial charge in [0, 0.05) is 29.6 Å². The molecule has 116 valence electrons. The summed E-state index contributed by atoms with van der Waals surface area (Å²) in [6.45, 7) is 2.23. The van der Waals surface area contributed by atoms with Crippen molar-refractivity contribution in [3.05, 3.63) is 35.5 Å². The number of carboxylic acids is 1. The van der Waals surface area contributed by atoms with Crippen LogP contribution in [0.15, 0.2) is 24.3 Å². The van der Waals surface area contributed by atoms with E-state index in [1.54, 1.807) is 6.07 Å². The van der Waals surface area contributed by atoms with Crippen LogP contribution in [0.1, 0.15) is 34.8 Å². The van der Waals surface area contributed by atoms with E-state index in [1.165, 1.54) is 29.6 Å². The number of carboxylic acid groups (broad SMARTS) is 1. The highest BCUT2D eigenvalue weighted by Gasteiger charge is 2.34. The van der Waals surface area contributed by atoms with Gasteiger partial charge in [-0.2, -0.15) is 5.10 Å². The second-order valence-corrected chi connectivity index (χ2v) is 6.35. The Labute approximate surface area is 132 Å². The first-order chi connectivity index (χ1) is 11.2. The molecule has 6 nitrogen and oxygen atoms in total. The zero-order valence-electron chi connectivity index (χ0n) is 12.5. The minimum atomic E-state index is -0.995. The van der Waals surface area contributed by atoms with E-state index in [4.69, 9.17) is 5.11 Å². The highest BCUT2D eigenvalue weighted by Crippen LogP contribution is 2.47. The number of aromatic nitrogens is 3. The number of rotatable bonds is 2. The van der Waals surface area contributed by atoms with Crippen LogP contribution in [0.2, 0.25) is 0 Å². The van der Waals surface area contributed by atoms with Crippen molar-refractivity contribution in [1.82, 2.24) is 15.2 Å². The van der Waals surface area contributed by atoms with E-state index in [1.807, 2.05) is 12.1 Å². The van der Waals surface area contributed by atoms with Crippen LogP contribution in [-0.4, -0.2) is 39.3 Å². The number of carbonyl (C=O) groups is 1. The predicted octanol–water partition coefficient (Wildman–Crippen LogP) is 2.95. The molecule has 3 aromatic rings. The summed E-state index contributed by atoms with van der Waals surface area (Å²) in [5.74, 6) is 0.877. The standard InChI is InChI=1S/C17H16N4O2/c22-17(23)13-8-12(19-20-13)10-2-1-3-11-14-9-4-6-21(7-5-9)16(14)18-15(10)11/h1-3,8-9,18H,4-7H2,(H,19,20)(H,22,23). The minimum Gasteiger partial charge on any atom is -0.477 e. The summed E-state index contributed by atoms with van der Waals surface area (Å²) in [6.07, 6.45) is 2.44. The lowest BCUT2D eigenvalue weighted by atomic mass is 9.84. The van der Waals surface area contributed by atoms with Crippen LogP contribution in [0.4, 0.5) is 5.82 Å². The zero-order valence-corrected chi connectivity index (χ0v) is 12.5. The second-order valence-electron chi connectivity index (χ2n) is 6.35. The zero-order chi connectivity index (χ0) is 15.6. The molecule has 0 aliphatic carbocycles. The van der Waals surface area contributed by atoms with Gasteiger partial charge in [0.05, 0.1) is 11.2 Å². The number of H-pyrrole nitrogens is 2. The summed E-state index contributed by atoms with van der Waals surface area (Å²) in [5.41, 5.74) is 4.19. The van der Waals surface area contributed by atoms with Gasteiger partial charge in [0.25, 0.3) is 0 Å². The summed E-state index contributed by atoms with van der Waals surface area (Å²) in [7, 11) is 0. The fourth-order valence-corrected chi connectivity index (χ4v) is 4.06. The molecular weight excluding hydrogens is 292 g/mol. The molecule has 0 saturated carbocycles. The van der Waals surface area contributed by atoms with Crippen LogP contribution in [-0.2, 0) is 0 Å². The van der Waals surface area contributed by atoms with E-state index in [2.05, 4.69) is 26.1 Å². The van der Waals surface area contributed by atoms with Crippen LogP contribution >= 0.6 is 0 Å². The summed E-state index contributed by atoms with van der Waals surface area (Å²) in [6, 6.07) is 7.76. The van der Waals surface area contributed by atoms with Gasteiger partial charge in [-0.05, 0) is 24.8 Å². The van der Waals surface area contributed by atoms with Gasteiger partial charge in [-0.1, -0.05) is 18.2 Å². The SMILES string of the molecule is O=C(O)c1cc(-c2cccc3c4c([nH]c23)N2CCC4CC2)n[nH]1. The number of piperidine rings is 1. The van der Waals surface area contributed by atoms with Crippen LogP contribution < -0.4 is 4.90 Å². The summed E-state index contributed by atoms with van der Waals surface area (Å²) < 4.78 is 0. The van der Waals surface area contributed by atoms with Gasteiger partial charge >= 0.3 is 5.97 Å². The van der Waals surface area contributed by atoms with E-state index in [9.17, 15) is 4.79 Å². The number of benzene rings is 1. The quantitative estimate of drug-likeness (QED) is 0.679. The van der Waals surface area contributed by atoms with Crippen molar-refractivity contribution in [2.24, 2.45) is 0 Å². The molecule has 6 rings (SSSR count). The van der Waals surface area contributed by atoms with Gasteiger partial charge in [-0.25, -0.2) is 4.79 Å². The van der Waals surface area contributed by atoms with Crippen LogP contribution in [0.5, 0.6) is 0 Å². The molecule has 2 bridgehead atoms. The van der Waals surface area contributed by atoms with E-state index in [0.717, 1.165) is 24.2 Å². The van der Waals surface area contributed by atoms with Crippen molar-refractivity contribution in [3.8, 4) is 11.3 Å². The smallest absolute Gasteiger partial charge is 0.353 e. The molecule has 5 heterocycles. The lowest BCUT2D eigenvalue weighted by Gasteiger charge is -2.40. The topological polar surface area (TPSA) is 85.0 Å². The number of anilines is 1. The second kappa shape index (κ2) is 4.38. The maximum atomic E-state index is 11.1. The highest BCUT2D eigenvalue weighted by molar-refractivity contribution is 6.00. The fourth-order valence-electron chi connectivity index (χ4n) is 4.06. The number of hydrogen-bond donors (Lipinski definition) is 3. The molecule has 0 spiro atoms. The fraction of sp³-hybridized carbons (Fsp3) is 0.294. The van der Waals surface area contributed by atoms with Crippen molar-refractivity contribution in [2.75, 3.05) is 18.0 Å². The average Bonchev–Trinajstić information content (AvgIpc) is 3.21. The molecule has 0 atom stereocenters. The molecule has 2 aromatic heterocycles. The molecule has 1 saturated heterocycles. The minimum absolute atomic E-state index is 0.108. The van der Waals surface area contributed by atoms with E-state index < -0.39 is 5.97 Å².